The van der Waals surface area contributed by atoms with Crippen LogP contribution in [0.1, 0.15) is 76.4 Å². The lowest BCUT2D eigenvalue weighted by atomic mass is 9.81. The van der Waals surface area contributed by atoms with Crippen molar-refractivity contribution in [3.05, 3.63) is 11.7 Å². The van der Waals surface area contributed by atoms with Crippen molar-refractivity contribution >= 4 is 5.91 Å². The number of aromatic nitrogens is 2. The Bertz CT molecular complexity index is 638. The van der Waals surface area contributed by atoms with Crippen LogP contribution in [0.2, 0.25) is 0 Å². The van der Waals surface area contributed by atoms with Gasteiger partial charge in [-0.15, -0.1) is 0 Å². The number of nitrogens with zero attached hydrogens (tertiary/aromatic N) is 2. The summed E-state index contributed by atoms with van der Waals surface area (Å²) in [6.07, 6.45) is 10.8. The lowest BCUT2D eigenvalue weighted by molar-refractivity contribution is -0.121. The maximum atomic E-state index is 12.6. The van der Waals surface area contributed by atoms with E-state index in [1.54, 1.807) is 0 Å². The topological polar surface area (TPSA) is 80.0 Å². The quantitative estimate of drug-likeness (QED) is 0.815. The minimum atomic E-state index is -0.316. The van der Waals surface area contributed by atoms with Crippen LogP contribution in [0.5, 0.6) is 0 Å². The van der Waals surface area contributed by atoms with Gasteiger partial charge in [0.15, 0.2) is 5.82 Å². The van der Waals surface area contributed by atoms with Gasteiger partial charge in [-0.3, -0.25) is 10.1 Å². The van der Waals surface area contributed by atoms with E-state index < -0.39 is 0 Å². The fourth-order valence-electron chi connectivity index (χ4n) is 5.70. The van der Waals surface area contributed by atoms with E-state index in [4.69, 9.17) is 4.52 Å². The first kappa shape index (κ1) is 18.0. The van der Waals surface area contributed by atoms with Gasteiger partial charge in [-0.2, -0.15) is 4.98 Å². The molecule has 3 fully saturated rings. The molecule has 3 saturated carbocycles. The molecule has 0 saturated heterocycles. The first-order valence-corrected chi connectivity index (χ1v) is 10.4. The minimum absolute atomic E-state index is 0.0884. The third-order valence-electron chi connectivity index (χ3n) is 7.07. The highest BCUT2D eigenvalue weighted by Crippen LogP contribution is 2.49. The van der Waals surface area contributed by atoms with Crippen molar-refractivity contribution in [2.75, 3.05) is 6.54 Å². The Morgan fingerprint density at radius 1 is 1.27 bits per heavy atom. The van der Waals surface area contributed by atoms with Gasteiger partial charge in [0.05, 0.1) is 12.1 Å². The van der Waals surface area contributed by atoms with E-state index in [0.29, 0.717) is 24.2 Å². The summed E-state index contributed by atoms with van der Waals surface area (Å²) in [6, 6.07) is 0.273. The molecule has 3 aliphatic rings. The molecule has 4 unspecified atom stereocenters. The van der Waals surface area contributed by atoms with Gasteiger partial charge < -0.3 is 9.84 Å². The van der Waals surface area contributed by atoms with E-state index >= 15 is 0 Å². The van der Waals surface area contributed by atoms with Crippen LogP contribution >= 0.6 is 0 Å². The van der Waals surface area contributed by atoms with E-state index in [1.807, 2.05) is 6.92 Å². The lowest BCUT2D eigenvalue weighted by Gasteiger charge is -2.35. The molecule has 1 aromatic heterocycles. The van der Waals surface area contributed by atoms with Gasteiger partial charge in [0.25, 0.3) is 0 Å². The molecule has 6 nitrogen and oxygen atoms in total. The Hall–Kier alpha value is -1.43. The Morgan fingerprint density at radius 2 is 2.08 bits per heavy atom. The number of fused-ring (bicyclic) bond motifs is 2. The number of amides is 1. The summed E-state index contributed by atoms with van der Waals surface area (Å²) in [5.74, 6) is 3.79. The predicted molar refractivity (Wildman–Crippen MR) is 98.3 cm³/mol. The van der Waals surface area contributed by atoms with E-state index in [0.717, 1.165) is 37.5 Å². The molecule has 0 aliphatic heterocycles. The van der Waals surface area contributed by atoms with Crippen molar-refractivity contribution in [2.45, 2.75) is 83.2 Å². The van der Waals surface area contributed by atoms with Crippen molar-refractivity contribution in [1.29, 1.82) is 0 Å². The maximum Gasteiger partial charge on any atom is 0.234 e. The number of carbonyl (C=O) groups is 1. The van der Waals surface area contributed by atoms with Crippen LogP contribution in [0.3, 0.4) is 0 Å². The van der Waals surface area contributed by atoms with Crippen LogP contribution in [0.25, 0.3) is 0 Å². The summed E-state index contributed by atoms with van der Waals surface area (Å²) in [5, 5.41) is 10.9. The second kappa shape index (κ2) is 7.29. The molecule has 4 atom stereocenters. The Labute approximate surface area is 155 Å². The Kier molecular flexibility index (Phi) is 5.04. The molecule has 144 valence electrons. The van der Waals surface area contributed by atoms with E-state index in [2.05, 4.69) is 27.7 Å². The number of rotatable bonds is 6. The fraction of sp³-hybridized carbons (Fsp3) is 0.850. The van der Waals surface area contributed by atoms with Crippen LogP contribution in [0.4, 0.5) is 0 Å². The van der Waals surface area contributed by atoms with Gasteiger partial charge in [-0.05, 0) is 56.8 Å². The highest BCUT2D eigenvalue weighted by Gasteiger charge is 2.42. The second-order valence-corrected chi connectivity index (χ2v) is 8.83. The molecule has 0 spiro atoms. The van der Waals surface area contributed by atoms with Gasteiger partial charge in [0.2, 0.25) is 11.8 Å². The van der Waals surface area contributed by atoms with Gasteiger partial charge in [-0.25, -0.2) is 0 Å². The van der Waals surface area contributed by atoms with Crippen molar-refractivity contribution in [3.63, 3.8) is 0 Å². The molecule has 6 heteroatoms. The molecule has 1 aromatic rings. The van der Waals surface area contributed by atoms with E-state index in [1.165, 1.54) is 32.1 Å². The third-order valence-corrected chi connectivity index (χ3v) is 7.07. The molecule has 0 radical (unpaired) electrons. The molecular formula is C20H32N4O2. The number of hydrogen-bond donors (Lipinski definition) is 2. The predicted octanol–water partition coefficient (Wildman–Crippen LogP) is 3.07. The van der Waals surface area contributed by atoms with Crippen molar-refractivity contribution in [3.8, 4) is 0 Å². The molecule has 26 heavy (non-hydrogen) atoms. The summed E-state index contributed by atoms with van der Waals surface area (Å²) in [7, 11) is 0. The molecule has 2 N–H and O–H groups in total. The number of hydrogen-bond acceptors (Lipinski definition) is 5. The van der Waals surface area contributed by atoms with Gasteiger partial charge in [-0.1, -0.05) is 30.8 Å². The normalized spacial score (nSPS) is 31.1. The fourth-order valence-corrected chi connectivity index (χ4v) is 5.70. The Balaban J connectivity index is 1.34. The first-order chi connectivity index (χ1) is 12.6. The smallest absolute Gasteiger partial charge is 0.234 e. The number of aryl methyl sites for hydroxylation is 1. The summed E-state index contributed by atoms with van der Waals surface area (Å²) < 4.78 is 5.21. The van der Waals surface area contributed by atoms with Crippen LogP contribution in [0, 0.1) is 24.7 Å². The molecule has 1 amide bonds. The zero-order valence-corrected chi connectivity index (χ0v) is 16.1. The van der Waals surface area contributed by atoms with Gasteiger partial charge in [0, 0.05) is 13.0 Å². The molecule has 0 aromatic carbocycles. The third kappa shape index (κ3) is 3.53. The molecule has 1 heterocycles. The number of nitrogens with one attached hydrogen (secondary N) is 2. The summed E-state index contributed by atoms with van der Waals surface area (Å²) in [6.45, 7) is 4.32. The zero-order valence-electron chi connectivity index (χ0n) is 16.1. The summed E-state index contributed by atoms with van der Waals surface area (Å²) >= 11 is 0. The second-order valence-electron chi connectivity index (χ2n) is 8.83. The van der Waals surface area contributed by atoms with Crippen LogP contribution in [-0.2, 0) is 10.3 Å². The lowest BCUT2D eigenvalue weighted by Crippen LogP contribution is -2.51. The highest BCUT2D eigenvalue weighted by atomic mass is 16.5. The molecule has 2 bridgehead atoms. The standard InChI is InChI=1S/C20H32N4O2/c1-13(17-11-15-6-7-16(17)10-15)22-18(25)12-21-20(8-4-3-5-9-20)19-23-14(2)26-24-19/h13,15-17,21H,3-12H2,1-2H3,(H,22,25). The maximum absolute atomic E-state index is 12.6. The largest absolute Gasteiger partial charge is 0.352 e. The molecule has 3 aliphatic carbocycles. The van der Waals surface area contributed by atoms with Crippen LogP contribution < -0.4 is 10.6 Å². The van der Waals surface area contributed by atoms with Crippen LogP contribution in [0.15, 0.2) is 4.52 Å². The first-order valence-electron chi connectivity index (χ1n) is 10.4. The summed E-state index contributed by atoms with van der Waals surface area (Å²) in [5.41, 5.74) is -0.316. The summed E-state index contributed by atoms with van der Waals surface area (Å²) in [4.78, 5) is 17.1. The van der Waals surface area contributed by atoms with E-state index in [-0.39, 0.29) is 17.5 Å². The molecule has 4 rings (SSSR count). The molecular weight excluding hydrogens is 328 g/mol. The number of carbonyl (C=O) groups excluding carboxylic acids is 1. The highest BCUT2D eigenvalue weighted by molar-refractivity contribution is 5.78. The van der Waals surface area contributed by atoms with Crippen molar-refractivity contribution in [2.24, 2.45) is 17.8 Å². The van der Waals surface area contributed by atoms with Gasteiger partial charge >= 0.3 is 0 Å². The monoisotopic (exact) mass is 360 g/mol. The van der Waals surface area contributed by atoms with E-state index in [9.17, 15) is 4.79 Å². The Morgan fingerprint density at radius 3 is 2.69 bits per heavy atom. The zero-order chi connectivity index (χ0) is 18.1. The SMILES string of the molecule is Cc1nc(C2(NCC(=O)NC(C)C3CC4CCC3C4)CCCCC2)no1. The van der Waals surface area contributed by atoms with Gasteiger partial charge in [0.1, 0.15) is 0 Å². The average Bonchev–Trinajstić information content (AvgIpc) is 3.37. The van der Waals surface area contributed by atoms with Crippen molar-refractivity contribution < 1.29 is 9.32 Å². The minimum Gasteiger partial charge on any atom is -0.352 e. The van der Waals surface area contributed by atoms with Crippen LogP contribution in [-0.4, -0.2) is 28.6 Å². The van der Waals surface area contributed by atoms with Crippen molar-refractivity contribution in [1.82, 2.24) is 20.8 Å². The average molecular weight is 361 g/mol.